The zero-order valence-electron chi connectivity index (χ0n) is 15.3. The molecule has 0 aliphatic carbocycles. The van der Waals surface area contributed by atoms with Crippen LogP contribution in [-0.2, 0) is 10.0 Å². The first-order chi connectivity index (χ1) is 13.6. The van der Waals surface area contributed by atoms with Crippen LogP contribution in [0.2, 0.25) is 0 Å². The van der Waals surface area contributed by atoms with Gasteiger partial charge in [-0.2, -0.15) is 4.31 Å². The summed E-state index contributed by atoms with van der Waals surface area (Å²) in [5.41, 5.74) is 2.06. The summed E-state index contributed by atoms with van der Waals surface area (Å²) in [6, 6.07) is 13.1. The lowest BCUT2D eigenvalue weighted by atomic mass is 10.1. The third-order valence-corrected chi connectivity index (χ3v) is 7.34. The Morgan fingerprint density at radius 3 is 2.54 bits per heavy atom. The van der Waals surface area contributed by atoms with Crippen LogP contribution >= 0.6 is 0 Å². The fourth-order valence-corrected chi connectivity index (χ4v) is 5.45. The zero-order valence-corrected chi connectivity index (χ0v) is 16.1. The molecule has 5 rings (SSSR count). The van der Waals surface area contributed by atoms with Crippen LogP contribution in [0.5, 0.6) is 11.5 Å². The standard InChI is InChI=1S/C20H21N3O4S/c24-28(25,16-5-6-19-20(13-16)27-12-11-26-19)22-9-7-15(8-10-22)23-14-21-17-3-1-2-4-18(17)23/h1-6,13-15H,7-12H2. The van der Waals surface area contributed by atoms with E-state index < -0.39 is 10.0 Å². The van der Waals surface area contributed by atoms with Gasteiger partial charge in [-0.25, -0.2) is 13.4 Å². The van der Waals surface area contributed by atoms with Crippen molar-refractivity contribution in [2.75, 3.05) is 26.3 Å². The Balaban J connectivity index is 1.34. The highest BCUT2D eigenvalue weighted by Gasteiger charge is 2.31. The van der Waals surface area contributed by atoms with Crippen LogP contribution in [0.3, 0.4) is 0 Å². The average Bonchev–Trinajstić information content (AvgIpc) is 3.17. The topological polar surface area (TPSA) is 73.7 Å². The predicted molar refractivity (Wildman–Crippen MR) is 104 cm³/mol. The van der Waals surface area contributed by atoms with E-state index in [2.05, 4.69) is 15.6 Å². The van der Waals surface area contributed by atoms with Gasteiger partial charge in [0.2, 0.25) is 10.0 Å². The van der Waals surface area contributed by atoms with Crippen LogP contribution < -0.4 is 9.47 Å². The van der Waals surface area contributed by atoms with Crippen molar-refractivity contribution < 1.29 is 17.9 Å². The molecule has 146 valence electrons. The van der Waals surface area contributed by atoms with E-state index in [0.717, 1.165) is 23.9 Å². The van der Waals surface area contributed by atoms with Gasteiger partial charge in [0.05, 0.1) is 22.3 Å². The minimum Gasteiger partial charge on any atom is -0.486 e. The van der Waals surface area contributed by atoms with Gasteiger partial charge in [-0.15, -0.1) is 0 Å². The van der Waals surface area contributed by atoms with Crippen LogP contribution in [0, 0.1) is 0 Å². The first kappa shape index (κ1) is 17.5. The largest absolute Gasteiger partial charge is 0.486 e. The Morgan fingerprint density at radius 1 is 0.964 bits per heavy atom. The third-order valence-electron chi connectivity index (χ3n) is 5.45. The van der Waals surface area contributed by atoms with Gasteiger partial charge < -0.3 is 14.0 Å². The molecule has 2 aliphatic heterocycles. The number of hydrogen-bond acceptors (Lipinski definition) is 5. The van der Waals surface area contributed by atoms with Crippen LogP contribution in [-0.4, -0.2) is 48.6 Å². The molecule has 0 unspecified atom stereocenters. The quantitative estimate of drug-likeness (QED) is 0.677. The zero-order chi connectivity index (χ0) is 19.1. The highest BCUT2D eigenvalue weighted by Crippen LogP contribution is 2.34. The van der Waals surface area contributed by atoms with Crippen molar-refractivity contribution in [1.29, 1.82) is 0 Å². The molecule has 0 atom stereocenters. The molecule has 0 bridgehead atoms. The van der Waals surface area contributed by atoms with Gasteiger partial charge in [0.25, 0.3) is 0 Å². The van der Waals surface area contributed by atoms with Gasteiger partial charge in [-0.05, 0) is 37.1 Å². The van der Waals surface area contributed by atoms with Crippen LogP contribution in [0.15, 0.2) is 53.7 Å². The van der Waals surface area contributed by atoms with Crippen LogP contribution in [0.4, 0.5) is 0 Å². The van der Waals surface area contributed by atoms with Gasteiger partial charge in [0, 0.05) is 25.2 Å². The number of benzene rings is 2. The molecule has 0 saturated carbocycles. The summed E-state index contributed by atoms with van der Waals surface area (Å²) in [6.07, 6.45) is 3.37. The van der Waals surface area contributed by atoms with Gasteiger partial charge in [-0.3, -0.25) is 0 Å². The monoisotopic (exact) mass is 399 g/mol. The molecule has 3 heterocycles. The first-order valence-corrected chi connectivity index (χ1v) is 10.9. The maximum atomic E-state index is 13.1. The Hall–Kier alpha value is -2.58. The van der Waals surface area contributed by atoms with Crippen molar-refractivity contribution in [2.24, 2.45) is 0 Å². The molecule has 28 heavy (non-hydrogen) atoms. The molecule has 7 nitrogen and oxygen atoms in total. The molecule has 0 spiro atoms. The second-order valence-electron chi connectivity index (χ2n) is 7.08. The number of piperidine rings is 1. The van der Waals surface area contributed by atoms with E-state index in [-0.39, 0.29) is 10.9 Å². The number of fused-ring (bicyclic) bond motifs is 2. The second-order valence-corrected chi connectivity index (χ2v) is 9.02. The van der Waals surface area contributed by atoms with Gasteiger partial charge in [0.1, 0.15) is 13.2 Å². The maximum absolute atomic E-state index is 13.1. The Kier molecular flexibility index (Phi) is 4.25. The number of aromatic nitrogens is 2. The fourth-order valence-electron chi connectivity index (χ4n) is 3.96. The molecule has 3 aromatic rings. The molecule has 0 N–H and O–H groups in total. The summed E-state index contributed by atoms with van der Waals surface area (Å²) in [4.78, 5) is 4.71. The SMILES string of the molecule is O=S(=O)(c1ccc2c(c1)OCCO2)N1CCC(n2cnc3ccccc32)CC1. The second kappa shape index (κ2) is 6.79. The van der Waals surface area contributed by atoms with Gasteiger partial charge >= 0.3 is 0 Å². The lowest BCUT2D eigenvalue weighted by Crippen LogP contribution is -2.39. The Labute approximate surface area is 163 Å². The Bertz CT molecular complexity index is 1120. The minimum atomic E-state index is -3.56. The summed E-state index contributed by atoms with van der Waals surface area (Å²) in [5, 5.41) is 0. The smallest absolute Gasteiger partial charge is 0.243 e. The van der Waals surface area contributed by atoms with E-state index in [1.165, 1.54) is 0 Å². The van der Waals surface area contributed by atoms with Crippen molar-refractivity contribution in [3.05, 3.63) is 48.8 Å². The van der Waals surface area contributed by atoms with Gasteiger partial charge in [-0.1, -0.05) is 12.1 Å². The number of ether oxygens (including phenoxy) is 2. The van der Waals surface area contributed by atoms with E-state index in [1.54, 1.807) is 22.5 Å². The number of sulfonamides is 1. The molecule has 2 aromatic carbocycles. The van der Waals surface area contributed by atoms with E-state index in [1.807, 2.05) is 24.5 Å². The molecule has 2 aliphatic rings. The molecular formula is C20H21N3O4S. The number of nitrogens with zero attached hydrogens (tertiary/aromatic N) is 3. The summed E-state index contributed by atoms with van der Waals surface area (Å²) < 4.78 is 40.9. The predicted octanol–water partition coefficient (Wildman–Crippen LogP) is 2.83. The van der Waals surface area contributed by atoms with Crippen molar-refractivity contribution in [3.8, 4) is 11.5 Å². The third kappa shape index (κ3) is 2.93. The highest BCUT2D eigenvalue weighted by molar-refractivity contribution is 7.89. The van der Waals surface area contributed by atoms with Crippen molar-refractivity contribution in [3.63, 3.8) is 0 Å². The summed E-state index contributed by atoms with van der Waals surface area (Å²) in [6.45, 7) is 1.87. The lowest BCUT2D eigenvalue weighted by molar-refractivity contribution is 0.171. The molecule has 1 fully saturated rings. The van der Waals surface area contributed by atoms with Crippen molar-refractivity contribution in [1.82, 2.24) is 13.9 Å². The molecular weight excluding hydrogens is 378 g/mol. The van der Waals surface area contributed by atoms with E-state index in [0.29, 0.717) is 37.8 Å². The summed E-state index contributed by atoms with van der Waals surface area (Å²) in [7, 11) is -3.56. The van der Waals surface area contributed by atoms with E-state index in [4.69, 9.17) is 9.47 Å². The molecule has 0 amide bonds. The molecule has 1 aromatic heterocycles. The fraction of sp³-hybridized carbons (Fsp3) is 0.350. The first-order valence-electron chi connectivity index (χ1n) is 9.44. The Morgan fingerprint density at radius 2 is 1.71 bits per heavy atom. The highest BCUT2D eigenvalue weighted by atomic mass is 32.2. The van der Waals surface area contributed by atoms with Crippen LogP contribution in [0.25, 0.3) is 11.0 Å². The molecule has 0 radical (unpaired) electrons. The van der Waals surface area contributed by atoms with Crippen molar-refractivity contribution >= 4 is 21.1 Å². The summed E-state index contributed by atoms with van der Waals surface area (Å²) >= 11 is 0. The number of rotatable bonds is 3. The van der Waals surface area contributed by atoms with Crippen molar-refractivity contribution in [2.45, 2.75) is 23.8 Å². The lowest BCUT2D eigenvalue weighted by Gasteiger charge is -2.32. The minimum absolute atomic E-state index is 0.249. The van der Waals surface area contributed by atoms with E-state index in [9.17, 15) is 8.42 Å². The average molecular weight is 399 g/mol. The number of hydrogen-bond donors (Lipinski definition) is 0. The van der Waals surface area contributed by atoms with Gasteiger partial charge in [0.15, 0.2) is 11.5 Å². The normalized spacial score (nSPS) is 18.4. The maximum Gasteiger partial charge on any atom is 0.243 e. The number of para-hydroxylation sites is 2. The molecule has 1 saturated heterocycles. The number of imidazole rings is 1. The van der Waals surface area contributed by atoms with E-state index >= 15 is 0 Å². The molecule has 8 heteroatoms. The van der Waals surface area contributed by atoms with Crippen LogP contribution in [0.1, 0.15) is 18.9 Å². The summed E-state index contributed by atoms with van der Waals surface area (Å²) in [5.74, 6) is 1.09.